The van der Waals surface area contributed by atoms with Gasteiger partial charge in [-0.2, -0.15) is 0 Å². The van der Waals surface area contributed by atoms with Gasteiger partial charge in [-0.1, -0.05) is 12.5 Å². The molecule has 1 aromatic rings. The molecule has 24 heavy (non-hydrogen) atoms. The molecule has 3 rings (SSSR count). The predicted octanol–water partition coefficient (Wildman–Crippen LogP) is 2.29. The zero-order valence-electron chi connectivity index (χ0n) is 14.6. The standard InChI is InChI=1S/C19H29N3O2/c1-14-4-3-9-21-17(14)15-5-2-6-16(12-15)22-13-19(18(20)23)7-10-24-11-8-19/h3-4,9,15-16,22H,2,5-8,10-13H2,1H3,(H2,20,23)/t15-,16-/m1/s1. The van der Waals surface area contributed by atoms with Gasteiger partial charge in [0.2, 0.25) is 5.91 Å². The van der Waals surface area contributed by atoms with E-state index in [4.69, 9.17) is 10.5 Å². The summed E-state index contributed by atoms with van der Waals surface area (Å²) in [5.41, 5.74) is 7.79. The summed E-state index contributed by atoms with van der Waals surface area (Å²) in [6.45, 7) is 4.07. The fourth-order valence-electron chi connectivity index (χ4n) is 4.16. The molecule has 0 bridgehead atoms. The zero-order chi connectivity index (χ0) is 17.0. The van der Waals surface area contributed by atoms with Crippen molar-refractivity contribution in [2.24, 2.45) is 11.1 Å². The Bertz CT molecular complexity index is 569. The molecule has 0 spiro atoms. The maximum absolute atomic E-state index is 12.0. The lowest BCUT2D eigenvalue weighted by Crippen LogP contribution is -2.50. The van der Waals surface area contributed by atoms with Crippen molar-refractivity contribution in [1.29, 1.82) is 0 Å². The summed E-state index contributed by atoms with van der Waals surface area (Å²) in [7, 11) is 0. The highest BCUT2D eigenvalue weighted by Gasteiger charge is 2.39. The number of pyridine rings is 1. The van der Waals surface area contributed by atoms with E-state index in [1.807, 2.05) is 12.3 Å². The molecule has 0 aromatic carbocycles. The van der Waals surface area contributed by atoms with E-state index in [1.165, 1.54) is 24.1 Å². The van der Waals surface area contributed by atoms with Crippen LogP contribution in [-0.2, 0) is 9.53 Å². The van der Waals surface area contributed by atoms with E-state index in [1.54, 1.807) is 0 Å². The Morgan fingerprint density at radius 2 is 2.21 bits per heavy atom. The van der Waals surface area contributed by atoms with Gasteiger partial charge in [-0.3, -0.25) is 9.78 Å². The number of carbonyl (C=O) groups is 1. The number of amides is 1. The van der Waals surface area contributed by atoms with Crippen LogP contribution in [0.4, 0.5) is 0 Å². The highest BCUT2D eigenvalue weighted by atomic mass is 16.5. The van der Waals surface area contributed by atoms with Gasteiger partial charge in [0.1, 0.15) is 0 Å². The number of hydrogen-bond acceptors (Lipinski definition) is 4. The molecule has 132 valence electrons. The Kier molecular flexibility index (Phi) is 5.51. The zero-order valence-corrected chi connectivity index (χ0v) is 14.6. The summed E-state index contributed by atoms with van der Waals surface area (Å²) in [5, 5.41) is 3.65. The summed E-state index contributed by atoms with van der Waals surface area (Å²) in [6, 6.07) is 4.58. The van der Waals surface area contributed by atoms with Gasteiger partial charge in [-0.05, 0) is 50.7 Å². The second-order valence-corrected chi connectivity index (χ2v) is 7.40. The van der Waals surface area contributed by atoms with Gasteiger partial charge >= 0.3 is 0 Å². The summed E-state index contributed by atoms with van der Waals surface area (Å²) >= 11 is 0. The van der Waals surface area contributed by atoms with Crippen LogP contribution in [0.2, 0.25) is 0 Å². The Balaban J connectivity index is 1.61. The predicted molar refractivity (Wildman–Crippen MR) is 93.7 cm³/mol. The molecule has 1 aromatic heterocycles. The second-order valence-electron chi connectivity index (χ2n) is 7.40. The van der Waals surface area contributed by atoms with Crippen LogP contribution in [0.1, 0.15) is 55.7 Å². The minimum Gasteiger partial charge on any atom is -0.381 e. The number of nitrogens with zero attached hydrogens (tertiary/aromatic N) is 1. The number of hydrogen-bond donors (Lipinski definition) is 2. The number of ether oxygens (including phenoxy) is 1. The van der Waals surface area contributed by atoms with Crippen LogP contribution in [0.15, 0.2) is 18.3 Å². The molecule has 3 N–H and O–H groups in total. The van der Waals surface area contributed by atoms with E-state index in [0.717, 1.165) is 25.7 Å². The smallest absolute Gasteiger partial charge is 0.225 e. The van der Waals surface area contributed by atoms with E-state index in [0.29, 0.717) is 31.7 Å². The second kappa shape index (κ2) is 7.62. The average molecular weight is 331 g/mol. The van der Waals surface area contributed by atoms with Gasteiger partial charge in [0, 0.05) is 43.6 Å². The van der Waals surface area contributed by atoms with Crippen molar-refractivity contribution in [2.75, 3.05) is 19.8 Å². The van der Waals surface area contributed by atoms with E-state index in [2.05, 4.69) is 23.3 Å². The number of nitrogens with two attached hydrogens (primary N) is 1. The average Bonchev–Trinajstić information content (AvgIpc) is 2.61. The molecule has 1 saturated carbocycles. The Labute approximate surface area is 144 Å². The van der Waals surface area contributed by atoms with Crippen LogP contribution in [0, 0.1) is 12.3 Å². The number of rotatable bonds is 5. The molecule has 1 aliphatic carbocycles. The summed E-state index contributed by atoms with van der Waals surface area (Å²) < 4.78 is 5.41. The van der Waals surface area contributed by atoms with Crippen molar-refractivity contribution in [1.82, 2.24) is 10.3 Å². The van der Waals surface area contributed by atoms with Crippen molar-refractivity contribution in [2.45, 2.75) is 57.4 Å². The van der Waals surface area contributed by atoms with Gasteiger partial charge in [-0.15, -0.1) is 0 Å². The third kappa shape index (κ3) is 3.78. The lowest BCUT2D eigenvalue weighted by atomic mass is 9.78. The maximum Gasteiger partial charge on any atom is 0.225 e. The molecule has 2 atom stereocenters. The van der Waals surface area contributed by atoms with Crippen LogP contribution in [0.25, 0.3) is 0 Å². The number of aryl methyl sites for hydroxylation is 1. The lowest BCUT2D eigenvalue weighted by Gasteiger charge is -2.37. The first kappa shape index (κ1) is 17.4. The van der Waals surface area contributed by atoms with Gasteiger partial charge in [0.05, 0.1) is 5.41 Å². The Morgan fingerprint density at radius 3 is 2.92 bits per heavy atom. The molecule has 1 aliphatic heterocycles. The first-order valence-corrected chi connectivity index (χ1v) is 9.13. The Morgan fingerprint density at radius 1 is 1.42 bits per heavy atom. The van der Waals surface area contributed by atoms with Crippen LogP contribution < -0.4 is 11.1 Å². The SMILES string of the molecule is Cc1cccnc1[C@@H]1CCC[C@@H](NCC2(C(N)=O)CCOCC2)C1. The van der Waals surface area contributed by atoms with Crippen molar-refractivity contribution >= 4 is 5.91 Å². The molecule has 2 aliphatic rings. The number of carbonyl (C=O) groups excluding carboxylic acids is 1. The van der Waals surface area contributed by atoms with E-state index < -0.39 is 5.41 Å². The summed E-state index contributed by atoms with van der Waals surface area (Å²) in [4.78, 5) is 16.6. The van der Waals surface area contributed by atoms with Gasteiger partial charge in [0.15, 0.2) is 0 Å². The summed E-state index contributed by atoms with van der Waals surface area (Å²) in [6.07, 6.45) is 7.99. The molecule has 1 amide bonds. The van der Waals surface area contributed by atoms with Crippen molar-refractivity contribution < 1.29 is 9.53 Å². The van der Waals surface area contributed by atoms with E-state index in [9.17, 15) is 4.79 Å². The third-order valence-corrected chi connectivity index (χ3v) is 5.81. The van der Waals surface area contributed by atoms with Gasteiger partial charge in [0.25, 0.3) is 0 Å². The molecule has 1 saturated heterocycles. The maximum atomic E-state index is 12.0. The molecule has 2 heterocycles. The van der Waals surface area contributed by atoms with Crippen LogP contribution in [-0.4, -0.2) is 36.7 Å². The van der Waals surface area contributed by atoms with Crippen LogP contribution in [0.5, 0.6) is 0 Å². The Hall–Kier alpha value is -1.46. The fourth-order valence-corrected chi connectivity index (χ4v) is 4.16. The van der Waals surface area contributed by atoms with E-state index in [-0.39, 0.29) is 5.91 Å². The molecule has 5 nitrogen and oxygen atoms in total. The highest BCUT2D eigenvalue weighted by Crippen LogP contribution is 2.35. The molecule has 0 unspecified atom stereocenters. The lowest BCUT2D eigenvalue weighted by molar-refractivity contribution is -0.133. The molecule has 0 radical (unpaired) electrons. The van der Waals surface area contributed by atoms with Crippen molar-refractivity contribution in [3.05, 3.63) is 29.6 Å². The quantitative estimate of drug-likeness (QED) is 0.868. The van der Waals surface area contributed by atoms with Crippen molar-refractivity contribution in [3.8, 4) is 0 Å². The number of primary amides is 1. The normalized spacial score (nSPS) is 26.9. The molecular weight excluding hydrogens is 302 g/mol. The fraction of sp³-hybridized carbons (Fsp3) is 0.684. The summed E-state index contributed by atoms with van der Waals surface area (Å²) in [5.74, 6) is 0.322. The number of nitrogens with one attached hydrogen (secondary N) is 1. The van der Waals surface area contributed by atoms with E-state index >= 15 is 0 Å². The van der Waals surface area contributed by atoms with Crippen LogP contribution >= 0.6 is 0 Å². The van der Waals surface area contributed by atoms with Gasteiger partial charge in [-0.25, -0.2) is 0 Å². The number of aromatic nitrogens is 1. The largest absolute Gasteiger partial charge is 0.381 e. The van der Waals surface area contributed by atoms with Gasteiger partial charge < -0.3 is 15.8 Å². The minimum atomic E-state index is -0.438. The topological polar surface area (TPSA) is 77.2 Å². The monoisotopic (exact) mass is 331 g/mol. The molecule has 5 heteroatoms. The highest BCUT2D eigenvalue weighted by molar-refractivity contribution is 5.81. The first-order chi connectivity index (χ1) is 11.6. The molecular formula is C19H29N3O2. The minimum absolute atomic E-state index is 0.189. The third-order valence-electron chi connectivity index (χ3n) is 5.81. The molecule has 2 fully saturated rings. The van der Waals surface area contributed by atoms with Crippen molar-refractivity contribution in [3.63, 3.8) is 0 Å². The first-order valence-electron chi connectivity index (χ1n) is 9.13. The van der Waals surface area contributed by atoms with Crippen LogP contribution in [0.3, 0.4) is 0 Å².